The van der Waals surface area contributed by atoms with Crippen LogP contribution in [0, 0.1) is 0 Å². The summed E-state index contributed by atoms with van der Waals surface area (Å²) in [6.07, 6.45) is 0. The summed E-state index contributed by atoms with van der Waals surface area (Å²) in [5, 5.41) is 4.77. The van der Waals surface area contributed by atoms with E-state index in [4.69, 9.17) is 11.6 Å². The Morgan fingerprint density at radius 1 is 1.30 bits per heavy atom. The summed E-state index contributed by atoms with van der Waals surface area (Å²) in [5.41, 5.74) is 1.20. The molecule has 0 heterocycles. The molecule has 0 N–H and O–H groups in total. The summed E-state index contributed by atoms with van der Waals surface area (Å²) >= 11 is 5.68. The molecule has 0 aromatic heterocycles. The van der Waals surface area contributed by atoms with Crippen LogP contribution in [0.1, 0.15) is 5.56 Å². The quantitative estimate of drug-likeness (QED) is 0.620. The van der Waals surface area contributed by atoms with E-state index < -0.39 is 0 Å². The van der Waals surface area contributed by atoms with Crippen molar-refractivity contribution in [2.75, 3.05) is 7.05 Å². The fourth-order valence-corrected chi connectivity index (χ4v) is 0.898. The Bertz CT molecular complexity index is 193. The van der Waals surface area contributed by atoms with Gasteiger partial charge in [0.05, 0.1) is 0 Å². The maximum atomic E-state index is 5.68. The monoisotopic (exact) mass is 154 g/mol. The first-order valence-electron chi connectivity index (χ1n) is 3.13. The number of benzene rings is 1. The second kappa shape index (κ2) is 3.59. The average Bonchev–Trinajstić information content (AvgIpc) is 1.95. The van der Waals surface area contributed by atoms with Gasteiger partial charge in [0.25, 0.3) is 0 Å². The van der Waals surface area contributed by atoms with Gasteiger partial charge in [0.1, 0.15) is 0 Å². The van der Waals surface area contributed by atoms with Crippen molar-refractivity contribution in [3.63, 3.8) is 0 Å². The van der Waals surface area contributed by atoms with E-state index in [1.807, 2.05) is 24.3 Å². The maximum absolute atomic E-state index is 5.68. The summed E-state index contributed by atoms with van der Waals surface area (Å²) in [5.74, 6) is 0. The highest BCUT2D eigenvalue weighted by atomic mass is 35.5. The third-order valence-electron chi connectivity index (χ3n) is 1.25. The molecule has 53 valence electrons. The highest BCUT2D eigenvalue weighted by Gasteiger charge is 1.89. The van der Waals surface area contributed by atoms with Crippen LogP contribution >= 0.6 is 11.6 Å². The lowest BCUT2D eigenvalue weighted by molar-refractivity contribution is 0.800. The molecule has 1 rings (SSSR count). The van der Waals surface area contributed by atoms with Crippen LogP contribution in [-0.4, -0.2) is 7.05 Å². The van der Waals surface area contributed by atoms with Gasteiger partial charge in [-0.05, 0) is 17.7 Å². The average molecular weight is 155 g/mol. The van der Waals surface area contributed by atoms with Crippen LogP contribution in [0.15, 0.2) is 24.3 Å². The highest BCUT2D eigenvalue weighted by Crippen LogP contribution is 2.08. The van der Waals surface area contributed by atoms with Crippen LogP contribution in [-0.2, 0) is 6.54 Å². The largest absolute Gasteiger partial charge is 0.240 e. The van der Waals surface area contributed by atoms with E-state index >= 15 is 0 Å². The summed E-state index contributed by atoms with van der Waals surface area (Å²) in [6, 6.07) is 7.72. The predicted molar refractivity (Wildman–Crippen MR) is 43.2 cm³/mol. The van der Waals surface area contributed by atoms with Gasteiger partial charge in [0.2, 0.25) is 0 Å². The lowest BCUT2D eigenvalue weighted by Gasteiger charge is -1.96. The third-order valence-corrected chi connectivity index (χ3v) is 1.51. The van der Waals surface area contributed by atoms with Gasteiger partial charge in [0.15, 0.2) is 0 Å². The SMILES string of the molecule is C[N]Cc1ccc(Cl)cc1. The molecule has 1 radical (unpaired) electrons. The molecule has 1 aromatic carbocycles. The Kier molecular flexibility index (Phi) is 2.72. The highest BCUT2D eigenvalue weighted by molar-refractivity contribution is 6.30. The number of halogens is 1. The molecule has 0 aliphatic rings. The van der Waals surface area contributed by atoms with Crippen molar-refractivity contribution >= 4 is 11.6 Å². The Morgan fingerprint density at radius 3 is 2.40 bits per heavy atom. The second-order valence-corrected chi connectivity index (χ2v) is 2.54. The molecule has 0 amide bonds. The minimum absolute atomic E-state index is 0.775. The first-order chi connectivity index (χ1) is 4.83. The van der Waals surface area contributed by atoms with Crippen LogP contribution in [0.2, 0.25) is 5.02 Å². The number of hydrogen-bond donors (Lipinski definition) is 0. The van der Waals surface area contributed by atoms with Gasteiger partial charge in [-0.1, -0.05) is 23.7 Å². The molecule has 0 spiro atoms. The molecule has 0 atom stereocenters. The lowest BCUT2D eigenvalue weighted by atomic mass is 10.2. The number of rotatable bonds is 2. The number of nitrogens with zero attached hydrogens (tertiary/aromatic N) is 1. The maximum Gasteiger partial charge on any atom is 0.0406 e. The van der Waals surface area contributed by atoms with Crippen LogP contribution in [0.25, 0.3) is 0 Å². The smallest absolute Gasteiger partial charge is 0.0406 e. The fourth-order valence-electron chi connectivity index (χ4n) is 0.772. The van der Waals surface area contributed by atoms with Crippen molar-refractivity contribution in [3.8, 4) is 0 Å². The van der Waals surface area contributed by atoms with Crippen LogP contribution in [0.5, 0.6) is 0 Å². The topological polar surface area (TPSA) is 14.1 Å². The van der Waals surface area contributed by atoms with E-state index in [0.717, 1.165) is 11.6 Å². The van der Waals surface area contributed by atoms with Gasteiger partial charge in [0, 0.05) is 18.6 Å². The predicted octanol–water partition coefficient (Wildman–Crippen LogP) is 2.07. The van der Waals surface area contributed by atoms with Crippen molar-refractivity contribution in [3.05, 3.63) is 34.9 Å². The van der Waals surface area contributed by atoms with E-state index in [1.165, 1.54) is 5.56 Å². The summed E-state index contributed by atoms with van der Waals surface area (Å²) < 4.78 is 0. The van der Waals surface area contributed by atoms with Crippen LogP contribution < -0.4 is 5.32 Å². The van der Waals surface area contributed by atoms with Gasteiger partial charge in [-0.2, -0.15) is 0 Å². The lowest BCUT2D eigenvalue weighted by Crippen LogP contribution is -1.95. The summed E-state index contributed by atoms with van der Waals surface area (Å²) in [6.45, 7) is 0.775. The van der Waals surface area contributed by atoms with Crippen LogP contribution in [0.3, 0.4) is 0 Å². The van der Waals surface area contributed by atoms with Crippen molar-refractivity contribution < 1.29 is 0 Å². The first kappa shape index (κ1) is 7.58. The molecular weight excluding hydrogens is 146 g/mol. The molecule has 0 aliphatic carbocycles. The zero-order valence-electron chi connectivity index (χ0n) is 5.84. The van der Waals surface area contributed by atoms with Gasteiger partial charge < -0.3 is 0 Å². The molecule has 2 heteroatoms. The van der Waals surface area contributed by atoms with E-state index in [2.05, 4.69) is 5.32 Å². The van der Waals surface area contributed by atoms with Crippen molar-refractivity contribution in [2.24, 2.45) is 0 Å². The van der Waals surface area contributed by atoms with Crippen molar-refractivity contribution in [1.82, 2.24) is 5.32 Å². The van der Waals surface area contributed by atoms with Crippen molar-refractivity contribution in [2.45, 2.75) is 6.54 Å². The summed E-state index contributed by atoms with van der Waals surface area (Å²) in [7, 11) is 1.80. The molecule has 0 saturated carbocycles. The van der Waals surface area contributed by atoms with E-state index in [1.54, 1.807) is 7.05 Å². The zero-order chi connectivity index (χ0) is 7.40. The fraction of sp³-hybridized carbons (Fsp3) is 0.250. The minimum Gasteiger partial charge on any atom is -0.240 e. The molecule has 1 aromatic rings. The zero-order valence-corrected chi connectivity index (χ0v) is 6.60. The van der Waals surface area contributed by atoms with E-state index in [-0.39, 0.29) is 0 Å². The first-order valence-corrected chi connectivity index (χ1v) is 3.51. The molecule has 0 saturated heterocycles. The molecule has 1 nitrogen and oxygen atoms in total. The van der Waals surface area contributed by atoms with Gasteiger partial charge >= 0.3 is 0 Å². The number of hydrogen-bond acceptors (Lipinski definition) is 0. The molecule has 0 unspecified atom stereocenters. The Morgan fingerprint density at radius 2 is 1.90 bits per heavy atom. The standard InChI is InChI=1S/C8H9ClN/c1-10-6-7-2-4-8(9)5-3-7/h2-5H,6H2,1H3. The van der Waals surface area contributed by atoms with Gasteiger partial charge in [-0.25, -0.2) is 5.32 Å². The molecule has 0 aliphatic heterocycles. The van der Waals surface area contributed by atoms with Crippen LogP contribution in [0.4, 0.5) is 0 Å². The molecular formula is C8H9ClN. The van der Waals surface area contributed by atoms with E-state index in [0.29, 0.717) is 0 Å². The van der Waals surface area contributed by atoms with Gasteiger partial charge in [-0.15, -0.1) is 0 Å². The molecule has 10 heavy (non-hydrogen) atoms. The Labute approximate surface area is 66.0 Å². The Balaban J connectivity index is 2.69. The summed E-state index contributed by atoms with van der Waals surface area (Å²) in [4.78, 5) is 0. The Hall–Kier alpha value is -0.530. The second-order valence-electron chi connectivity index (χ2n) is 2.10. The minimum atomic E-state index is 0.775. The molecule has 0 fully saturated rings. The van der Waals surface area contributed by atoms with E-state index in [9.17, 15) is 0 Å². The molecule has 0 bridgehead atoms. The van der Waals surface area contributed by atoms with Crippen molar-refractivity contribution in [1.29, 1.82) is 0 Å². The third kappa shape index (κ3) is 2.01. The van der Waals surface area contributed by atoms with Gasteiger partial charge in [-0.3, -0.25) is 0 Å². The normalized spacial score (nSPS) is 9.80.